The zero-order valence-electron chi connectivity index (χ0n) is 35.7. The standard InChI is InChI=1S/C27H40O.C26H38O/c1-3-5-6-22-9-15-25(16-10-22)26-17-11-23(12-18-26)7-8-24-13-19-27(20-14-24)28-21-4-2;1-3-5-21-8-14-24(15-9-21)25-16-10-22(11-17-25)6-7-23-12-18-26(19-13-23)27-20-4-2/h13-14,19-20,22-23,25-26H,3-6,9-12,15-18,21H2,1-2H3;12-13,18-19,21-22,24-25H,3-5,8-11,14-17,20H2,1-2H3/t22-,23-,25-,26-;21-,22-,24-,25-. The van der Waals surface area contributed by atoms with Crippen LogP contribution in [-0.2, 0) is 0 Å². The fourth-order valence-corrected chi connectivity index (χ4v) is 10.3. The van der Waals surface area contributed by atoms with Gasteiger partial charge in [-0.2, -0.15) is 0 Å². The lowest BCUT2D eigenvalue weighted by atomic mass is 9.69. The third-order valence-electron chi connectivity index (χ3n) is 13.8. The molecule has 0 atom stereocenters. The Hall–Kier alpha value is -2.84. The first-order valence-corrected chi connectivity index (χ1v) is 23.5. The van der Waals surface area contributed by atoms with Crippen molar-refractivity contribution >= 4 is 0 Å². The minimum atomic E-state index is 0.605. The quantitative estimate of drug-likeness (QED) is 0.190. The average Bonchev–Trinajstić information content (AvgIpc) is 3.24. The minimum absolute atomic E-state index is 0.605. The van der Waals surface area contributed by atoms with Gasteiger partial charge >= 0.3 is 0 Å². The molecular weight excluding hydrogens is 669 g/mol. The first-order valence-electron chi connectivity index (χ1n) is 23.5. The van der Waals surface area contributed by atoms with Gasteiger partial charge in [0.05, 0.1) is 13.2 Å². The molecular formula is C53H78O2. The fourth-order valence-electron chi connectivity index (χ4n) is 10.3. The Kier molecular flexibility index (Phi) is 19.5. The van der Waals surface area contributed by atoms with Gasteiger partial charge in [-0.1, -0.05) is 109 Å². The lowest BCUT2D eigenvalue weighted by molar-refractivity contribution is 0.153. The molecule has 4 saturated carbocycles. The zero-order chi connectivity index (χ0) is 38.5. The van der Waals surface area contributed by atoms with Gasteiger partial charge in [0, 0.05) is 23.0 Å². The van der Waals surface area contributed by atoms with Crippen LogP contribution in [0.5, 0.6) is 11.5 Å². The topological polar surface area (TPSA) is 18.5 Å². The van der Waals surface area contributed by atoms with E-state index in [9.17, 15) is 0 Å². The Bertz CT molecular complexity index is 1420. The molecule has 6 rings (SSSR count). The molecule has 302 valence electrons. The first kappa shape index (κ1) is 43.3. The van der Waals surface area contributed by atoms with Gasteiger partial charge in [-0.05, 0) is 174 Å². The summed E-state index contributed by atoms with van der Waals surface area (Å²) in [4.78, 5) is 0. The molecule has 0 amide bonds. The zero-order valence-corrected chi connectivity index (χ0v) is 35.7. The first-order chi connectivity index (χ1) is 27.1. The lowest BCUT2D eigenvalue weighted by Gasteiger charge is -2.37. The molecule has 0 unspecified atom stereocenters. The molecule has 0 bridgehead atoms. The van der Waals surface area contributed by atoms with E-state index in [1.54, 1.807) is 0 Å². The average molecular weight is 747 g/mol. The van der Waals surface area contributed by atoms with Gasteiger partial charge in [-0.3, -0.25) is 0 Å². The Morgan fingerprint density at radius 1 is 0.418 bits per heavy atom. The summed E-state index contributed by atoms with van der Waals surface area (Å²) in [7, 11) is 0. The van der Waals surface area contributed by atoms with Crippen molar-refractivity contribution in [1.29, 1.82) is 0 Å². The monoisotopic (exact) mass is 747 g/mol. The molecule has 0 aromatic heterocycles. The SMILES string of the molecule is CCCC[C@H]1CC[C@H]([C@H]2CC[C@H](C#Cc3ccc(OCCC)cc3)CC2)CC1.CCCOc1ccc(C#C[C@H]2CC[C@H]([C@H]3CC[C@H](CCC)CC3)CC2)cc1. The minimum Gasteiger partial charge on any atom is -0.494 e. The van der Waals surface area contributed by atoms with Gasteiger partial charge in [0.1, 0.15) is 11.5 Å². The van der Waals surface area contributed by atoms with E-state index < -0.39 is 0 Å². The largest absolute Gasteiger partial charge is 0.494 e. The molecule has 2 aromatic rings. The van der Waals surface area contributed by atoms with E-state index in [0.717, 1.165) is 84.2 Å². The maximum absolute atomic E-state index is 5.65. The smallest absolute Gasteiger partial charge is 0.119 e. The lowest BCUT2D eigenvalue weighted by Crippen LogP contribution is -2.25. The van der Waals surface area contributed by atoms with Crippen LogP contribution in [0, 0.1) is 71.0 Å². The van der Waals surface area contributed by atoms with Crippen LogP contribution >= 0.6 is 0 Å². The molecule has 0 N–H and O–H groups in total. The van der Waals surface area contributed by atoms with Gasteiger partial charge in [0.2, 0.25) is 0 Å². The normalized spacial score (nSPS) is 27.9. The molecule has 0 spiro atoms. The van der Waals surface area contributed by atoms with E-state index in [-0.39, 0.29) is 0 Å². The van der Waals surface area contributed by atoms with Crippen molar-refractivity contribution in [3.63, 3.8) is 0 Å². The van der Waals surface area contributed by atoms with Crippen LogP contribution < -0.4 is 9.47 Å². The van der Waals surface area contributed by atoms with Gasteiger partial charge < -0.3 is 9.47 Å². The maximum atomic E-state index is 5.65. The van der Waals surface area contributed by atoms with Crippen LogP contribution in [0.25, 0.3) is 0 Å². The predicted octanol–water partition coefficient (Wildman–Crippen LogP) is 14.9. The second-order valence-electron chi connectivity index (χ2n) is 18.0. The van der Waals surface area contributed by atoms with Gasteiger partial charge in [-0.15, -0.1) is 0 Å². The van der Waals surface area contributed by atoms with E-state index in [1.165, 1.54) is 135 Å². The number of unbranched alkanes of at least 4 members (excludes halogenated alkanes) is 1. The summed E-state index contributed by atoms with van der Waals surface area (Å²) >= 11 is 0. The Morgan fingerprint density at radius 2 is 0.782 bits per heavy atom. The summed E-state index contributed by atoms with van der Waals surface area (Å²) in [5.74, 6) is 23.1. The molecule has 0 aliphatic heterocycles. The number of hydrogen-bond acceptors (Lipinski definition) is 2. The summed E-state index contributed by atoms with van der Waals surface area (Å²) in [5, 5.41) is 0. The summed E-state index contributed by atoms with van der Waals surface area (Å²) in [6.45, 7) is 10.5. The Morgan fingerprint density at radius 3 is 1.13 bits per heavy atom. The van der Waals surface area contributed by atoms with Crippen LogP contribution in [0.3, 0.4) is 0 Å². The van der Waals surface area contributed by atoms with E-state index >= 15 is 0 Å². The summed E-state index contributed by atoms with van der Waals surface area (Å²) in [5.41, 5.74) is 2.24. The molecule has 0 heterocycles. The molecule has 2 aromatic carbocycles. The van der Waals surface area contributed by atoms with E-state index in [2.05, 4.69) is 75.6 Å². The number of benzene rings is 2. The van der Waals surface area contributed by atoms with Crippen molar-refractivity contribution in [3.05, 3.63) is 59.7 Å². The molecule has 0 saturated heterocycles. The van der Waals surface area contributed by atoms with Crippen LogP contribution in [0.4, 0.5) is 0 Å². The summed E-state index contributed by atoms with van der Waals surface area (Å²) < 4.78 is 11.3. The maximum Gasteiger partial charge on any atom is 0.119 e. The second kappa shape index (κ2) is 24.7. The molecule has 4 aliphatic rings. The third kappa shape index (κ3) is 15.2. The molecule has 4 aliphatic carbocycles. The summed E-state index contributed by atoms with van der Waals surface area (Å²) in [6.07, 6.45) is 32.1. The molecule has 4 fully saturated rings. The van der Waals surface area contributed by atoms with Crippen molar-refractivity contribution in [3.8, 4) is 35.2 Å². The molecule has 0 radical (unpaired) electrons. The van der Waals surface area contributed by atoms with Gasteiger partial charge in [0.15, 0.2) is 0 Å². The van der Waals surface area contributed by atoms with Gasteiger partial charge in [0.25, 0.3) is 0 Å². The van der Waals surface area contributed by atoms with E-state index in [1.807, 2.05) is 24.3 Å². The Labute approximate surface area is 339 Å². The Balaban J connectivity index is 0.000000211. The van der Waals surface area contributed by atoms with Crippen molar-refractivity contribution < 1.29 is 9.47 Å². The molecule has 55 heavy (non-hydrogen) atoms. The highest BCUT2D eigenvalue weighted by molar-refractivity contribution is 5.39. The van der Waals surface area contributed by atoms with E-state index in [0.29, 0.717) is 11.8 Å². The molecule has 2 nitrogen and oxygen atoms in total. The molecule has 2 heteroatoms. The fraction of sp³-hybridized carbons (Fsp3) is 0.698. The third-order valence-corrected chi connectivity index (χ3v) is 13.8. The van der Waals surface area contributed by atoms with Crippen molar-refractivity contribution in [2.45, 2.75) is 175 Å². The summed E-state index contributed by atoms with van der Waals surface area (Å²) in [6, 6.07) is 16.6. The van der Waals surface area contributed by atoms with Crippen molar-refractivity contribution in [1.82, 2.24) is 0 Å². The van der Waals surface area contributed by atoms with E-state index in [4.69, 9.17) is 9.47 Å². The number of hydrogen-bond donors (Lipinski definition) is 0. The van der Waals surface area contributed by atoms with Crippen LogP contribution in [0.15, 0.2) is 48.5 Å². The highest BCUT2D eigenvalue weighted by Gasteiger charge is 2.31. The van der Waals surface area contributed by atoms with Crippen molar-refractivity contribution in [2.24, 2.45) is 47.3 Å². The highest BCUT2D eigenvalue weighted by atomic mass is 16.5. The van der Waals surface area contributed by atoms with Crippen LogP contribution in [0.2, 0.25) is 0 Å². The van der Waals surface area contributed by atoms with Crippen molar-refractivity contribution in [2.75, 3.05) is 13.2 Å². The highest BCUT2D eigenvalue weighted by Crippen LogP contribution is 2.43. The van der Waals surface area contributed by atoms with Crippen LogP contribution in [0.1, 0.15) is 187 Å². The van der Waals surface area contributed by atoms with Crippen LogP contribution in [-0.4, -0.2) is 13.2 Å². The number of ether oxygens (including phenoxy) is 2. The predicted molar refractivity (Wildman–Crippen MR) is 234 cm³/mol. The van der Waals surface area contributed by atoms with Gasteiger partial charge in [-0.25, -0.2) is 0 Å². The number of rotatable bonds is 13. The second-order valence-corrected chi connectivity index (χ2v) is 18.0.